The SMILES string of the molecule is Cc1ncsc1CNC(=O)CCC1CCCN1. The lowest BCUT2D eigenvalue weighted by Crippen LogP contribution is -2.27. The molecule has 4 nitrogen and oxygen atoms in total. The third-order valence-electron chi connectivity index (χ3n) is 3.17. The van der Waals surface area contributed by atoms with Crippen molar-refractivity contribution in [1.82, 2.24) is 15.6 Å². The molecule has 1 saturated heterocycles. The van der Waals surface area contributed by atoms with Gasteiger partial charge in [0.2, 0.25) is 5.91 Å². The van der Waals surface area contributed by atoms with E-state index in [2.05, 4.69) is 15.6 Å². The molecule has 1 amide bonds. The Labute approximate surface area is 106 Å². The first-order chi connectivity index (χ1) is 8.25. The number of amides is 1. The van der Waals surface area contributed by atoms with Gasteiger partial charge in [-0.15, -0.1) is 11.3 Å². The zero-order valence-electron chi connectivity index (χ0n) is 10.2. The maximum Gasteiger partial charge on any atom is 0.220 e. The lowest BCUT2D eigenvalue weighted by molar-refractivity contribution is -0.121. The lowest BCUT2D eigenvalue weighted by atomic mass is 10.1. The van der Waals surface area contributed by atoms with Gasteiger partial charge in [0, 0.05) is 17.3 Å². The highest BCUT2D eigenvalue weighted by Crippen LogP contribution is 2.12. The van der Waals surface area contributed by atoms with Crippen LogP contribution in [0.1, 0.15) is 36.3 Å². The second-order valence-corrected chi connectivity index (χ2v) is 5.41. The van der Waals surface area contributed by atoms with Crippen molar-refractivity contribution in [2.24, 2.45) is 0 Å². The molecule has 1 aromatic rings. The van der Waals surface area contributed by atoms with Crippen molar-refractivity contribution in [2.45, 2.75) is 45.2 Å². The van der Waals surface area contributed by atoms with Gasteiger partial charge in [-0.2, -0.15) is 0 Å². The summed E-state index contributed by atoms with van der Waals surface area (Å²) in [7, 11) is 0. The minimum Gasteiger partial charge on any atom is -0.351 e. The Hall–Kier alpha value is -0.940. The summed E-state index contributed by atoms with van der Waals surface area (Å²) in [5, 5.41) is 6.36. The average Bonchev–Trinajstić information content (AvgIpc) is 2.95. The first kappa shape index (κ1) is 12.5. The predicted molar refractivity (Wildman–Crippen MR) is 69.0 cm³/mol. The first-order valence-electron chi connectivity index (χ1n) is 6.15. The number of carbonyl (C=O) groups excluding carboxylic acids is 1. The van der Waals surface area contributed by atoms with Crippen molar-refractivity contribution < 1.29 is 4.79 Å². The normalized spacial score (nSPS) is 19.5. The standard InChI is InChI=1S/C12H19N3OS/c1-9-11(17-8-15-9)7-14-12(16)5-4-10-3-2-6-13-10/h8,10,13H,2-7H2,1H3,(H,14,16). The van der Waals surface area contributed by atoms with E-state index < -0.39 is 0 Å². The monoisotopic (exact) mass is 253 g/mol. The van der Waals surface area contributed by atoms with Gasteiger partial charge in [-0.05, 0) is 32.7 Å². The summed E-state index contributed by atoms with van der Waals surface area (Å²) in [6.07, 6.45) is 4.02. The highest BCUT2D eigenvalue weighted by atomic mass is 32.1. The third-order valence-corrected chi connectivity index (χ3v) is 4.11. The van der Waals surface area contributed by atoms with Crippen molar-refractivity contribution in [1.29, 1.82) is 0 Å². The smallest absolute Gasteiger partial charge is 0.220 e. The van der Waals surface area contributed by atoms with Crippen molar-refractivity contribution in [3.8, 4) is 0 Å². The molecule has 1 aliphatic rings. The van der Waals surface area contributed by atoms with Gasteiger partial charge in [0.15, 0.2) is 0 Å². The molecule has 1 aliphatic heterocycles. The highest BCUT2D eigenvalue weighted by molar-refractivity contribution is 7.09. The summed E-state index contributed by atoms with van der Waals surface area (Å²) in [5.41, 5.74) is 2.84. The Balaban J connectivity index is 1.65. The minimum absolute atomic E-state index is 0.145. The van der Waals surface area contributed by atoms with Crippen LogP contribution >= 0.6 is 11.3 Å². The summed E-state index contributed by atoms with van der Waals surface area (Å²) in [6.45, 7) is 3.69. The van der Waals surface area contributed by atoms with Crippen LogP contribution < -0.4 is 10.6 Å². The number of hydrogen-bond donors (Lipinski definition) is 2. The Bertz CT molecular complexity index is 372. The number of hydrogen-bond acceptors (Lipinski definition) is 4. The number of carbonyl (C=O) groups is 1. The Morgan fingerprint density at radius 2 is 2.59 bits per heavy atom. The number of rotatable bonds is 5. The predicted octanol–water partition coefficient (Wildman–Crippen LogP) is 1.60. The molecule has 2 rings (SSSR count). The molecule has 0 saturated carbocycles. The molecule has 2 heterocycles. The minimum atomic E-state index is 0.145. The molecule has 5 heteroatoms. The summed E-state index contributed by atoms with van der Waals surface area (Å²) in [6, 6.07) is 0.547. The maximum absolute atomic E-state index is 11.7. The van der Waals surface area contributed by atoms with Crippen LogP contribution in [-0.2, 0) is 11.3 Å². The molecule has 0 bridgehead atoms. The summed E-state index contributed by atoms with van der Waals surface area (Å²) < 4.78 is 0. The number of nitrogens with zero attached hydrogens (tertiary/aromatic N) is 1. The van der Waals surface area contributed by atoms with Gasteiger partial charge >= 0.3 is 0 Å². The van der Waals surface area contributed by atoms with E-state index in [1.54, 1.807) is 11.3 Å². The van der Waals surface area contributed by atoms with Crippen molar-refractivity contribution >= 4 is 17.2 Å². The molecule has 17 heavy (non-hydrogen) atoms. The number of thiazole rings is 1. The van der Waals surface area contributed by atoms with Gasteiger partial charge in [0.25, 0.3) is 0 Å². The van der Waals surface area contributed by atoms with Gasteiger partial charge in [-0.3, -0.25) is 4.79 Å². The van der Waals surface area contributed by atoms with Crippen LogP contribution in [0.4, 0.5) is 0 Å². The Kier molecular flexibility index (Phi) is 4.50. The van der Waals surface area contributed by atoms with Crippen LogP contribution in [-0.4, -0.2) is 23.5 Å². The molecule has 1 fully saturated rings. The molecular formula is C12H19N3OS. The van der Waals surface area contributed by atoms with E-state index in [-0.39, 0.29) is 5.91 Å². The van der Waals surface area contributed by atoms with Crippen LogP contribution in [0.3, 0.4) is 0 Å². The van der Waals surface area contributed by atoms with E-state index in [0.717, 1.165) is 23.5 Å². The van der Waals surface area contributed by atoms with Gasteiger partial charge < -0.3 is 10.6 Å². The van der Waals surface area contributed by atoms with Crippen LogP contribution in [0.5, 0.6) is 0 Å². The van der Waals surface area contributed by atoms with Crippen LogP contribution in [0.2, 0.25) is 0 Å². The fourth-order valence-electron chi connectivity index (χ4n) is 2.07. The fourth-order valence-corrected chi connectivity index (χ4v) is 2.79. The van der Waals surface area contributed by atoms with Gasteiger partial charge in [-0.1, -0.05) is 0 Å². The van der Waals surface area contributed by atoms with Crippen molar-refractivity contribution in [3.05, 3.63) is 16.1 Å². The summed E-state index contributed by atoms with van der Waals surface area (Å²) in [5.74, 6) is 0.145. The number of aryl methyl sites for hydroxylation is 1. The maximum atomic E-state index is 11.7. The van der Waals surface area contributed by atoms with Gasteiger partial charge in [-0.25, -0.2) is 4.98 Å². The summed E-state index contributed by atoms with van der Waals surface area (Å²) in [4.78, 5) is 17.0. The fraction of sp³-hybridized carbons (Fsp3) is 0.667. The van der Waals surface area contributed by atoms with Gasteiger partial charge in [0.1, 0.15) is 0 Å². The molecule has 0 radical (unpaired) electrons. The van der Waals surface area contributed by atoms with E-state index in [1.165, 1.54) is 12.8 Å². The highest BCUT2D eigenvalue weighted by Gasteiger charge is 2.15. The van der Waals surface area contributed by atoms with E-state index in [9.17, 15) is 4.79 Å². The molecule has 0 spiro atoms. The number of nitrogens with one attached hydrogen (secondary N) is 2. The van der Waals surface area contributed by atoms with Gasteiger partial charge in [0.05, 0.1) is 17.7 Å². The third kappa shape index (κ3) is 3.78. The summed E-state index contributed by atoms with van der Waals surface area (Å²) >= 11 is 1.60. The van der Waals surface area contributed by atoms with E-state index in [1.807, 2.05) is 12.4 Å². The van der Waals surface area contributed by atoms with Crippen LogP contribution in [0.15, 0.2) is 5.51 Å². The van der Waals surface area contributed by atoms with Crippen LogP contribution in [0, 0.1) is 6.92 Å². The molecule has 1 unspecified atom stereocenters. The largest absolute Gasteiger partial charge is 0.351 e. The second kappa shape index (κ2) is 6.12. The van der Waals surface area contributed by atoms with E-state index >= 15 is 0 Å². The second-order valence-electron chi connectivity index (χ2n) is 4.47. The number of aromatic nitrogens is 1. The molecule has 94 valence electrons. The molecule has 0 aromatic carbocycles. The lowest BCUT2D eigenvalue weighted by Gasteiger charge is -2.09. The molecule has 0 aliphatic carbocycles. The Morgan fingerprint density at radius 1 is 1.71 bits per heavy atom. The van der Waals surface area contributed by atoms with Crippen molar-refractivity contribution in [3.63, 3.8) is 0 Å². The topological polar surface area (TPSA) is 54.0 Å². The zero-order valence-corrected chi connectivity index (χ0v) is 11.0. The average molecular weight is 253 g/mol. The Morgan fingerprint density at radius 3 is 3.24 bits per heavy atom. The van der Waals surface area contributed by atoms with E-state index in [4.69, 9.17) is 0 Å². The first-order valence-corrected chi connectivity index (χ1v) is 7.02. The zero-order chi connectivity index (χ0) is 12.1. The van der Waals surface area contributed by atoms with Crippen molar-refractivity contribution in [2.75, 3.05) is 6.54 Å². The van der Waals surface area contributed by atoms with E-state index in [0.29, 0.717) is 19.0 Å². The molecular weight excluding hydrogens is 234 g/mol. The molecule has 2 N–H and O–H groups in total. The molecule has 1 aromatic heterocycles. The molecule has 1 atom stereocenters. The van der Waals surface area contributed by atoms with Crippen LogP contribution in [0.25, 0.3) is 0 Å². The quantitative estimate of drug-likeness (QED) is 0.838.